The zero-order valence-corrected chi connectivity index (χ0v) is 12.1. The van der Waals surface area contributed by atoms with Gasteiger partial charge in [-0.15, -0.1) is 0 Å². The zero-order valence-electron chi connectivity index (χ0n) is 10.5. The Hall–Kier alpha value is -0.130. The lowest BCUT2D eigenvalue weighted by molar-refractivity contribution is -0.131. The summed E-state index contributed by atoms with van der Waals surface area (Å²) < 4.78 is 10.4. The molecule has 1 N–H and O–H groups in total. The second kappa shape index (κ2) is 8.03. The second-order valence-electron chi connectivity index (χ2n) is 4.60. The zero-order chi connectivity index (χ0) is 12.6. The van der Waals surface area contributed by atoms with Crippen LogP contribution >= 0.6 is 15.9 Å². The van der Waals surface area contributed by atoms with Gasteiger partial charge in [0.25, 0.3) is 0 Å². The van der Waals surface area contributed by atoms with Gasteiger partial charge in [-0.3, -0.25) is 4.79 Å². The van der Waals surface area contributed by atoms with E-state index in [1.165, 1.54) is 0 Å². The average Bonchev–Trinajstić information content (AvgIpc) is 2.14. The van der Waals surface area contributed by atoms with Crippen molar-refractivity contribution >= 4 is 21.8 Å². The van der Waals surface area contributed by atoms with Gasteiger partial charge in [0, 0.05) is 12.4 Å². The minimum Gasteiger partial charge on any atom is -0.383 e. The first kappa shape index (κ1) is 15.9. The number of amides is 1. The summed E-state index contributed by atoms with van der Waals surface area (Å²) in [5.74, 6) is -0.0991. The average molecular weight is 296 g/mol. The second-order valence-corrected chi connectivity index (χ2v) is 5.39. The van der Waals surface area contributed by atoms with Crippen LogP contribution in [0.4, 0.5) is 0 Å². The number of alkyl halides is 1. The van der Waals surface area contributed by atoms with Crippen molar-refractivity contribution in [3.8, 4) is 0 Å². The van der Waals surface area contributed by atoms with E-state index in [0.717, 1.165) is 11.8 Å². The molecule has 1 amide bonds. The lowest BCUT2D eigenvalue weighted by Crippen LogP contribution is -2.41. The van der Waals surface area contributed by atoms with E-state index in [1.807, 2.05) is 20.8 Å². The maximum Gasteiger partial charge on any atom is 0.246 e. The van der Waals surface area contributed by atoms with Crippen molar-refractivity contribution in [1.29, 1.82) is 0 Å². The molecular formula is C11H22BrNO3. The molecule has 0 saturated carbocycles. The summed E-state index contributed by atoms with van der Waals surface area (Å²) in [6.45, 7) is 6.38. The Bertz CT molecular complexity index is 198. The van der Waals surface area contributed by atoms with Crippen LogP contribution in [0.3, 0.4) is 0 Å². The topological polar surface area (TPSA) is 47.6 Å². The molecule has 0 aromatic heterocycles. The molecule has 0 aromatic carbocycles. The van der Waals surface area contributed by atoms with Crippen molar-refractivity contribution < 1.29 is 14.3 Å². The fraction of sp³-hybridized carbons (Fsp3) is 0.909. The first-order valence-corrected chi connectivity index (χ1v) is 6.49. The van der Waals surface area contributed by atoms with Crippen LogP contribution in [0.1, 0.15) is 27.2 Å². The number of nitrogens with one attached hydrogen (secondary N) is 1. The minimum atomic E-state index is -0.288. The molecule has 96 valence electrons. The molecule has 0 fully saturated rings. The number of methoxy groups -OCH3 is 1. The monoisotopic (exact) mass is 295 g/mol. The Morgan fingerprint density at radius 2 is 2.06 bits per heavy atom. The molecule has 0 rings (SSSR count). The van der Waals surface area contributed by atoms with Gasteiger partial charge in [0.2, 0.25) is 5.91 Å². The van der Waals surface area contributed by atoms with E-state index in [9.17, 15) is 4.79 Å². The summed E-state index contributed by atoms with van der Waals surface area (Å²) in [5, 5.41) is 3.71. The molecule has 0 heterocycles. The number of halogens is 1. The van der Waals surface area contributed by atoms with Gasteiger partial charge >= 0.3 is 0 Å². The Labute approximate surface area is 106 Å². The summed E-state index contributed by atoms with van der Waals surface area (Å²) in [6, 6.07) is 0.0421. The van der Waals surface area contributed by atoms with Gasteiger partial charge in [-0.05, 0) is 27.2 Å². The molecule has 0 aromatic rings. The van der Waals surface area contributed by atoms with Crippen molar-refractivity contribution in [2.24, 2.45) is 0 Å². The number of hydrogen-bond donors (Lipinski definition) is 1. The lowest BCUT2D eigenvalue weighted by Gasteiger charge is -2.21. The maximum absolute atomic E-state index is 11.5. The molecule has 1 atom stereocenters. The summed E-state index contributed by atoms with van der Waals surface area (Å²) in [7, 11) is 1.62. The Morgan fingerprint density at radius 3 is 2.50 bits per heavy atom. The summed E-state index contributed by atoms with van der Waals surface area (Å²) >= 11 is 3.34. The normalized spacial score (nSPS) is 13.6. The van der Waals surface area contributed by atoms with E-state index >= 15 is 0 Å². The smallest absolute Gasteiger partial charge is 0.246 e. The fourth-order valence-electron chi connectivity index (χ4n) is 1.08. The molecule has 0 radical (unpaired) electrons. The molecule has 0 aliphatic rings. The van der Waals surface area contributed by atoms with E-state index in [-0.39, 0.29) is 24.2 Å². The molecule has 0 bridgehead atoms. The summed E-state index contributed by atoms with van der Waals surface area (Å²) in [5.41, 5.74) is -0.288. The van der Waals surface area contributed by atoms with Crippen LogP contribution in [0.25, 0.3) is 0 Å². The summed E-state index contributed by atoms with van der Waals surface area (Å²) in [4.78, 5) is 11.5. The largest absolute Gasteiger partial charge is 0.383 e. The molecule has 0 saturated heterocycles. The molecular weight excluding hydrogens is 274 g/mol. The van der Waals surface area contributed by atoms with Crippen LogP contribution in [0, 0.1) is 0 Å². The van der Waals surface area contributed by atoms with Crippen LogP contribution < -0.4 is 5.32 Å². The third-order valence-electron chi connectivity index (χ3n) is 1.83. The maximum atomic E-state index is 11.5. The fourth-order valence-corrected chi connectivity index (χ4v) is 1.63. The van der Waals surface area contributed by atoms with Crippen LogP contribution in [-0.2, 0) is 14.3 Å². The predicted octanol–water partition coefficient (Wildman–Crippen LogP) is 1.72. The predicted molar refractivity (Wildman–Crippen MR) is 67.9 cm³/mol. The van der Waals surface area contributed by atoms with Gasteiger partial charge in [-0.2, -0.15) is 0 Å². The highest BCUT2D eigenvalue weighted by molar-refractivity contribution is 9.09. The number of ether oxygens (including phenoxy) is 2. The number of rotatable bonds is 7. The Morgan fingerprint density at radius 1 is 1.44 bits per heavy atom. The standard InChI is InChI=1S/C11H22BrNO3/c1-11(2,3)16-8-10(14)13-9(5-6-12)7-15-4/h9H,5-8H2,1-4H3,(H,13,14). The van der Waals surface area contributed by atoms with Crippen molar-refractivity contribution in [2.75, 3.05) is 25.7 Å². The lowest BCUT2D eigenvalue weighted by atomic mass is 10.2. The first-order valence-electron chi connectivity index (χ1n) is 5.37. The van der Waals surface area contributed by atoms with Crippen LogP contribution in [0.5, 0.6) is 0 Å². The number of carbonyl (C=O) groups excluding carboxylic acids is 1. The van der Waals surface area contributed by atoms with Crippen molar-refractivity contribution in [3.05, 3.63) is 0 Å². The molecule has 0 aliphatic heterocycles. The highest BCUT2D eigenvalue weighted by Gasteiger charge is 2.15. The van der Waals surface area contributed by atoms with Crippen molar-refractivity contribution in [1.82, 2.24) is 5.32 Å². The van der Waals surface area contributed by atoms with E-state index in [0.29, 0.717) is 6.61 Å². The van der Waals surface area contributed by atoms with Gasteiger partial charge in [-0.1, -0.05) is 15.9 Å². The third kappa shape index (κ3) is 9.12. The summed E-state index contributed by atoms with van der Waals surface area (Å²) in [6.07, 6.45) is 0.842. The Kier molecular flexibility index (Phi) is 7.97. The molecule has 4 nitrogen and oxygen atoms in total. The molecule has 16 heavy (non-hydrogen) atoms. The minimum absolute atomic E-state index is 0.0421. The highest BCUT2D eigenvalue weighted by atomic mass is 79.9. The van der Waals surface area contributed by atoms with E-state index in [4.69, 9.17) is 9.47 Å². The SMILES string of the molecule is COCC(CCBr)NC(=O)COC(C)(C)C. The van der Waals surface area contributed by atoms with Gasteiger partial charge in [0.1, 0.15) is 6.61 Å². The van der Waals surface area contributed by atoms with Crippen LogP contribution in [0.2, 0.25) is 0 Å². The van der Waals surface area contributed by atoms with E-state index in [2.05, 4.69) is 21.2 Å². The van der Waals surface area contributed by atoms with E-state index in [1.54, 1.807) is 7.11 Å². The van der Waals surface area contributed by atoms with Gasteiger partial charge in [0.15, 0.2) is 0 Å². The molecule has 0 spiro atoms. The Balaban J connectivity index is 3.90. The molecule has 5 heteroatoms. The number of hydrogen-bond acceptors (Lipinski definition) is 3. The van der Waals surface area contributed by atoms with Crippen LogP contribution in [0.15, 0.2) is 0 Å². The van der Waals surface area contributed by atoms with Gasteiger partial charge in [-0.25, -0.2) is 0 Å². The van der Waals surface area contributed by atoms with E-state index < -0.39 is 0 Å². The molecule has 1 unspecified atom stereocenters. The number of carbonyl (C=O) groups is 1. The van der Waals surface area contributed by atoms with Gasteiger partial charge < -0.3 is 14.8 Å². The van der Waals surface area contributed by atoms with Crippen LogP contribution in [-0.4, -0.2) is 43.2 Å². The molecule has 0 aliphatic carbocycles. The highest BCUT2D eigenvalue weighted by Crippen LogP contribution is 2.06. The van der Waals surface area contributed by atoms with Gasteiger partial charge in [0.05, 0.1) is 18.2 Å². The van der Waals surface area contributed by atoms with Crippen molar-refractivity contribution in [2.45, 2.75) is 38.8 Å². The third-order valence-corrected chi connectivity index (χ3v) is 2.28. The quantitative estimate of drug-likeness (QED) is 0.728. The first-order chi connectivity index (χ1) is 7.39. The van der Waals surface area contributed by atoms with Crippen molar-refractivity contribution in [3.63, 3.8) is 0 Å².